The summed E-state index contributed by atoms with van der Waals surface area (Å²) in [5.41, 5.74) is 3.27. The molecule has 3 aliphatic rings. The lowest BCUT2D eigenvalue weighted by atomic mass is 9.61. The third kappa shape index (κ3) is 0.945. The molecule has 15 heavy (non-hydrogen) atoms. The van der Waals surface area contributed by atoms with Gasteiger partial charge in [0.05, 0.1) is 0 Å². The first-order valence-corrected chi connectivity index (χ1v) is 7.49. The Morgan fingerprint density at radius 1 is 1.00 bits per heavy atom. The fourth-order valence-corrected chi connectivity index (χ4v) is 6.89. The van der Waals surface area contributed by atoms with Crippen LogP contribution in [0.4, 0.5) is 0 Å². The highest BCUT2D eigenvalue weighted by atomic mass is 79.9. The standard InChI is InChI=1S/C13H12Br2/c14-9-5-8-10-6-3-1-2-4-7(6)11(10)12(9)13(8)15/h1-4,8-13H,5H2/t8-,9-,10-,11-,12+,13-/m1/s1. The van der Waals surface area contributed by atoms with Gasteiger partial charge in [-0.3, -0.25) is 0 Å². The van der Waals surface area contributed by atoms with Crippen molar-refractivity contribution in [1.29, 1.82) is 0 Å². The minimum absolute atomic E-state index is 0.737. The van der Waals surface area contributed by atoms with Gasteiger partial charge >= 0.3 is 0 Å². The van der Waals surface area contributed by atoms with Crippen LogP contribution in [0.5, 0.6) is 0 Å². The van der Waals surface area contributed by atoms with Crippen molar-refractivity contribution in [3.63, 3.8) is 0 Å². The van der Waals surface area contributed by atoms with Gasteiger partial charge in [-0.1, -0.05) is 56.1 Å². The van der Waals surface area contributed by atoms with E-state index in [0.717, 1.165) is 33.3 Å². The quantitative estimate of drug-likeness (QED) is 0.631. The van der Waals surface area contributed by atoms with E-state index in [9.17, 15) is 0 Å². The Morgan fingerprint density at radius 3 is 2.40 bits per heavy atom. The molecule has 4 rings (SSSR count). The summed E-state index contributed by atoms with van der Waals surface area (Å²) in [6.45, 7) is 0. The third-order valence-electron chi connectivity index (χ3n) is 4.67. The van der Waals surface area contributed by atoms with Crippen molar-refractivity contribution in [2.75, 3.05) is 0 Å². The van der Waals surface area contributed by atoms with Crippen LogP contribution in [0.2, 0.25) is 0 Å². The van der Waals surface area contributed by atoms with Gasteiger partial charge in [-0.05, 0) is 41.2 Å². The molecule has 0 radical (unpaired) electrons. The van der Waals surface area contributed by atoms with Crippen molar-refractivity contribution >= 4 is 31.9 Å². The van der Waals surface area contributed by atoms with Crippen molar-refractivity contribution in [3.8, 4) is 0 Å². The normalized spacial score (nSPS) is 49.7. The molecule has 6 atom stereocenters. The zero-order chi connectivity index (χ0) is 10.2. The van der Waals surface area contributed by atoms with Crippen molar-refractivity contribution < 1.29 is 0 Å². The fraction of sp³-hybridized carbons (Fsp3) is 0.538. The van der Waals surface area contributed by atoms with Gasteiger partial charge in [0.15, 0.2) is 0 Å². The molecule has 0 saturated heterocycles. The van der Waals surface area contributed by atoms with Gasteiger partial charge in [0, 0.05) is 9.65 Å². The number of rotatable bonds is 0. The molecule has 2 heteroatoms. The van der Waals surface area contributed by atoms with Crippen molar-refractivity contribution in [2.45, 2.75) is 27.9 Å². The average Bonchev–Trinajstić information content (AvgIpc) is 2.61. The van der Waals surface area contributed by atoms with Crippen LogP contribution in [0, 0.1) is 11.8 Å². The lowest BCUT2D eigenvalue weighted by molar-refractivity contribution is 0.333. The molecule has 0 nitrogen and oxygen atoms in total. The van der Waals surface area contributed by atoms with E-state index < -0.39 is 0 Å². The van der Waals surface area contributed by atoms with Crippen LogP contribution in [0.1, 0.15) is 29.4 Å². The van der Waals surface area contributed by atoms with Gasteiger partial charge in [-0.25, -0.2) is 0 Å². The van der Waals surface area contributed by atoms with E-state index in [1.54, 1.807) is 11.1 Å². The summed E-state index contributed by atoms with van der Waals surface area (Å²) < 4.78 is 0. The second-order valence-electron chi connectivity index (χ2n) is 5.12. The smallest absolute Gasteiger partial charge is 0.0225 e. The van der Waals surface area contributed by atoms with Crippen molar-refractivity contribution in [2.24, 2.45) is 11.8 Å². The van der Waals surface area contributed by atoms with Crippen LogP contribution in [0.25, 0.3) is 0 Å². The summed E-state index contributed by atoms with van der Waals surface area (Å²) in [4.78, 5) is 1.48. The Kier molecular flexibility index (Phi) is 1.78. The minimum Gasteiger partial charge on any atom is -0.0887 e. The summed E-state index contributed by atoms with van der Waals surface area (Å²) in [5, 5.41) is 0. The van der Waals surface area contributed by atoms with Crippen LogP contribution in [0.3, 0.4) is 0 Å². The van der Waals surface area contributed by atoms with Gasteiger partial charge in [0.1, 0.15) is 0 Å². The molecule has 2 saturated carbocycles. The van der Waals surface area contributed by atoms with E-state index in [1.165, 1.54) is 6.42 Å². The third-order valence-corrected chi connectivity index (χ3v) is 6.94. The summed E-state index contributed by atoms with van der Waals surface area (Å²) in [5.74, 6) is 3.41. The van der Waals surface area contributed by atoms with Gasteiger partial charge in [-0.15, -0.1) is 0 Å². The zero-order valence-electron chi connectivity index (χ0n) is 8.24. The number of fused-ring (bicyclic) bond motifs is 8. The first kappa shape index (κ1) is 9.23. The van der Waals surface area contributed by atoms with Gasteiger partial charge in [0.25, 0.3) is 0 Å². The zero-order valence-corrected chi connectivity index (χ0v) is 11.4. The second-order valence-corrected chi connectivity index (χ2v) is 7.35. The first-order valence-electron chi connectivity index (χ1n) is 5.66. The second kappa shape index (κ2) is 2.89. The molecule has 1 aromatic carbocycles. The molecule has 0 aromatic heterocycles. The molecule has 0 heterocycles. The molecule has 2 bridgehead atoms. The van der Waals surface area contributed by atoms with Gasteiger partial charge in [-0.2, -0.15) is 0 Å². The van der Waals surface area contributed by atoms with Crippen LogP contribution in [-0.2, 0) is 0 Å². The monoisotopic (exact) mass is 326 g/mol. The Hall–Kier alpha value is 0.180. The average molecular weight is 328 g/mol. The molecule has 0 N–H and O–H groups in total. The first-order chi connectivity index (χ1) is 7.29. The Bertz CT molecular complexity index is 428. The largest absolute Gasteiger partial charge is 0.0887 e. The Morgan fingerprint density at radius 2 is 1.67 bits per heavy atom. The maximum atomic E-state index is 3.92. The molecule has 0 unspecified atom stereocenters. The van der Waals surface area contributed by atoms with Crippen LogP contribution in [0.15, 0.2) is 24.3 Å². The van der Waals surface area contributed by atoms with E-state index in [1.807, 2.05) is 0 Å². The molecule has 78 valence electrons. The summed E-state index contributed by atoms with van der Waals surface area (Å²) >= 11 is 7.78. The van der Waals surface area contributed by atoms with Crippen molar-refractivity contribution in [1.82, 2.24) is 0 Å². The maximum Gasteiger partial charge on any atom is 0.0225 e. The molecule has 3 aliphatic carbocycles. The predicted molar refractivity (Wildman–Crippen MR) is 69.0 cm³/mol. The Labute approximate surface area is 107 Å². The van der Waals surface area contributed by atoms with Crippen LogP contribution < -0.4 is 0 Å². The number of alkyl halides is 2. The van der Waals surface area contributed by atoms with Crippen molar-refractivity contribution in [3.05, 3.63) is 35.4 Å². The van der Waals surface area contributed by atoms with Crippen LogP contribution >= 0.6 is 31.9 Å². The highest BCUT2D eigenvalue weighted by molar-refractivity contribution is 9.10. The maximum absolute atomic E-state index is 3.92. The van der Waals surface area contributed by atoms with E-state index in [0.29, 0.717) is 0 Å². The molecule has 1 aromatic rings. The number of hydrogen-bond donors (Lipinski definition) is 0. The van der Waals surface area contributed by atoms with Gasteiger partial charge < -0.3 is 0 Å². The Balaban J connectivity index is 1.86. The number of hydrogen-bond acceptors (Lipinski definition) is 0. The molecule has 0 amide bonds. The molecule has 0 spiro atoms. The summed E-state index contributed by atoms with van der Waals surface area (Å²) in [6, 6.07) is 9.04. The molecule has 2 fully saturated rings. The lowest BCUT2D eigenvalue weighted by Crippen LogP contribution is -2.33. The van der Waals surface area contributed by atoms with E-state index >= 15 is 0 Å². The summed E-state index contributed by atoms with van der Waals surface area (Å²) in [6.07, 6.45) is 1.36. The minimum atomic E-state index is 0.737. The van der Waals surface area contributed by atoms with E-state index in [2.05, 4.69) is 56.1 Å². The number of halogens is 2. The predicted octanol–water partition coefficient (Wildman–Crippen LogP) is 4.04. The highest BCUT2D eigenvalue weighted by Crippen LogP contribution is 2.70. The van der Waals surface area contributed by atoms with E-state index in [-0.39, 0.29) is 0 Å². The van der Waals surface area contributed by atoms with Gasteiger partial charge in [0.2, 0.25) is 0 Å². The molecule has 0 aliphatic heterocycles. The molecular weight excluding hydrogens is 316 g/mol. The SMILES string of the molecule is Br[C@@H]1[C@@H]2C[C@@H](Br)[C@H]1[C@@H]1c3ccccc3[C@H]21. The van der Waals surface area contributed by atoms with E-state index in [4.69, 9.17) is 0 Å². The fourth-order valence-electron chi connectivity index (χ4n) is 4.15. The summed E-state index contributed by atoms with van der Waals surface area (Å²) in [7, 11) is 0. The lowest BCUT2D eigenvalue weighted by Gasteiger charge is -2.44. The molecular formula is C13H12Br2. The topological polar surface area (TPSA) is 0 Å². The number of benzene rings is 1. The highest BCUT2D eigenvalue weighted by Gasteiger charge is 2.62. The van der Waals surface area contributed by atoms with Crippen LogP contribution in [-0.4, -0.2) is 9.65 Å².